The zero-order valence-electron chi connectivity index (χ0n) is 10.8. The van der Waals surface area contributed by atoms with Gasteiger partial charge in [-0.15, -0.1) is 0 Å². The molecule has 0 saturated heterocycles. The minimum Gasteiger partial charge on any atom is -0.368 e. The third-order valence-electron chi connectivity index (χ3n) is 2.83. The molecule has 0 spiro atoms. The molecule has 2 aromatic heterocycles. The molecule has 2 aromatic rings. The van der Waals surface area contributed by atoms with Crippen LogP contribution in [0.1, 0.15) is 26.2 Å². The van der Waals surface area contributed by atoms with Crippen LogP contribution in [0.5, 0.6) is 0 Å². The molecule has 0 radical (unpaired) electrons. The molecule has 100 valence electrons. The quantitative estimate of drug-likeness (QED) is 0.768. The minimum atomic E-state index is -0.278. The first-order valence-electron chi connectivity index (χ1n) is 6.34. The predicted octanol–water partition coefficient (Wildman–Crippen LogP) is 1.78. The smallest absolute Gasteiger partial charge is 0.222 e. The van der Waals surface area contributed by atoms with Crippen LogP contribution in [0, 0.1) is 0 Å². The molecule has 0 aliphatic carbocycles. The minimum absolute atomic E-state index is 0.170. The lowest BCUT2D eigenvalue weighted by atomic mass is 10.1. The van der Waals surface area contributed by atoms with Crippen LogP contribution in [0.4, 0.5) is 11.8 Å². The molecule has 3 N–H and O–H groups in total. The van der Waals surface area contributed by atoms with Crippen LogP contribution in [0.2, 0.25) is 0 Å². The summed E-state index contributed by atoms with van der Waals surface area (Å²) in [7, 11) is 0. The number of aldehydes is 1. The topological polar surface area (TPSA) is 93.8 Å². The van der Waals surface area contributed by atoms with Crippen LogP contribution in [0.25, 0.3) is 11.0 Å². The number of nitrogens with one attached hydrogen (secondary N) is 1. The van der Waals surface area contributed by atoms with Crippen LogP contribution in [0.3, 0.4) is 0 Å². The second-order valence-electron chi connectivity index (χ2n) is 4.33. The van der Waals surface area contributed by atoms with Crippen molar-refractivity contribution in [3.05, 3.63) is 18.3 Å². The van der Waals surface area contributed by atoms with E-state index >= 15 is 0 Å². The monoisotopic (exact) mass is 259 g/mol. The van der Waals surface area contributed by atoms with E-state index in [1.54, 1.807) is 12.3 Å². The van der Waals surface area contributed by atoms with Gasteiger partial charge in [0.15, 0.2) is 5.82 Å². The second kappa shape index (κ2) is 6.08. The van der Waals surface area contributed by atoms with Crippen molar-refractivity contribution in [2.75, 3.05) is 11.1 Å². The van der Waals surface area contributed by atoms with Crippen molar-refractivity contribution in [2.45, 2.75) is 32.2 Å². The third kappa shape index (κ3) is 3.15. The van der Waals surface area contributed by atoms with Crippen molar-refractivity contribution in [2.24, 2.45) is 0 Å². The van der Waals surface area contributed by atoms with Gasteiger partial charge in [0, 0.05) is 6.20 Å². The molecule has 0 aliphatic heterocycles. The summed E-state index contributed by atoms with van der Waals surface area (Å²) in [5.74, 6) is 0.680. The number of anilines is 2. The SMILES string of the molecule is CCCC[C@H](C=O)Nc1nc(N)nc2cccnc12. The van der Waals surface area contributed by atoms with Gasteiger partial charge in [0.25, 0.3) is 0 Å². The van der Waals surface area contributed by atoms with Crippen molar-refractivity contribution in [3.63, 3.8) is 0 Å². The molecule has 1 atom stereocenters. The highest BCUT2D eigenvalue weighted by molar-refractivity contribution is 5.87. The lowest BCUT2D eigenvalue weighted by Crippen LogP contribution is -2.22. The third-order valence-corrected chi connectivity index (χ3v) is 2.83. The van der Waals surface area contributed by atoms with E-state index in [2.05, 4.69) is 27.2 Å². The number of hydrogen-bond donors (Lipinski definition) is 2. The van der Waals surface area contributed by atoms with Gasteiger partial charge in [0.2, 0.25) is 5.95 Å². The van der Waals surface area contributed by atoms with Crippen LogP contribution in [0.15, 0.2) is 18.3 Å². The fourth-order valence-corrected chi connectivity index (χ4v) is 1.86. The first kappa shape index (κ1) is 13.2. The molecule has 0 aliphatic rings. The highest BCUT2D eigenvalue weighted by atomic mass is 16.1. The van der Waals surface area contributed by atoms with Crippen LogP contribution >= 0.6 is 0 Å². The Labute approximate surface area is 111 Å². The standard InChI is InChI=1S/C13H17N5O/c1-2-3-5-9(8-19)16-12-11-10(6-4-7-15-11)17-13(14)18-12/h4,6-9H,2-3,5H2,1H3,(H3,14,16,17,18)/t9-/m1/s1. The summed E-state index contributed by atoms with van der Waals surface area (Å²) in [5, 5.41) is 3.09. The van der Waals surface area contributed by atoms with E-state index in [-0.39, 0.29) is 12.0 Å². The van der Waals surface area contributed by atoms with E-state index in [9.17, 15) is 4.79 Å². The highest BCUT2D eigenvalue weighted by Crippen LogP contribution is 2.19. The van der Waals surface area contributed by atoms with Crippen molar-refractivity contribution in [3.8, 4) is 0 Å². The van der Waals surface area contributed by atoms with Crippen molar-refractivity contribution < 1.29 is 4.79 Å². The fourth-order valence-electron chi connectivity index (χ4n) is 1.86. The summed E-state index contributed by atoms with van der Waals surface area (Å²) in [4.78, 5) is 23.5. The molecule has 2 rings (SSSR count). The molecule has 2 heterocycles. The van der Waals surface area contributed by atoms with E-state index in [1.807, 2.05) is 6.07 Å². The lowest BCUT2D eigenvalue weighted by Gasteiger charge is -2.14. The van der Waals surface area contributed by atoms with Crippen LogP contribution in [-0.4, -0.2) is 27.3 Å². The number of fused-ring (bicyclic) bond motifs is 1. The number of carbonyl (C=O) groups is 1. The Kier molecular flexibility index (Phi) is 4.22. The fraction of sp³-hybridized carbons (Fsp3) is 0.385. The first-order chi connectivity index (χ1) is 9.24. The van der Waals surface area contributed by atoms with Gasteiger partial charge in [-0.05, 0) is 18.6 Å². The van der Waals surface area contributed by atoms with E-state index < -0.39 is 0 Å². The van der Waals surface area contributed by atoms with Gasteiger partial charge in [-0.2, -0.15) is 4.98 Å². The Morgan fingerprint density at radius 3 is 3.05 bits per heavy atom. The number of nitrogen functional groups attached to an aromatic ring is 1. The molecule has 0 amide bonds. The Bertz CT molecular complexity index is 572. The number of nitrogens with two attached hydrogens (primary N) is 1. The molecule has 0 aromatic carbocycles. The Morgan fingerprint density at radius 2 is 2.32 bits per heavy atom. The van der Waals surface area contributed by atoms with Gasteiger partial charge in [0.1, 0.15) is 11.8 Å². The molecule has 0 unspecified atom stereocenters. The summed E-state index contributed by atoms with van der Waals surface area (Å²) in [6.45, 7) is 2.08. The highest BCUT2D eigenvalue weighted by Gasteiger charge is 2.12. The van der Waals surface area contributed by atoms with Gasteiger partial charge in [-0.1, -0.05) is 19.8 Å². The first-order valence-corrected chi connectivity index (χ1v) is 6.34. The van der Waals surface area contributed by atoms with Gasteiger partial charge < -0.3 is 15.8 Å². The Morgan fingerprint density at radius 1 is 1.47 bits per heavy atom. The molecular weight excluding hydrogens is 242 g/mol. The normalized spacial score (nSPS) is 12.3. The second-order valence-corrected chi connectivity index (χ2v) is 4.33. The van der Waals surface area contributed by atoms with E-state index in [0.717, 1.165) is 25.5 Å². The number of pyridine rings is 1. The van der Waals surface area contributed by atoms with Crippen molar-refractivity contribution in [1.82, 2.24) is 15.0 Å². The average Bonchev–Trinajstić information content (AvgIpc) is 2.43. The van der Waals surface area contributed by atoms with E-state index in [1.165, 1.54) is 0 Å². The van der Waals surface area contributed by atoms with Crippen molar-refractivity contribution >= 4 is 29.1 Å². The summed E-state index contributed by atoms with van der Waals surface area (Å²) >= 11 is 0. The van der Waals surface area contributed by atoms with E-state index in [4.69, 9.17) is 5.73 Å². The molecule has 19 heavy (non-hydrogen) atoms. The van der Waals surface area contributed by atoms with Gasteiger partial charge >= 0.3 is 0 Å². The molecule has 6 heteroatoms. The van der Waals surface area contributed by atoms with Crippen LogP contribution < -0.4 is 11.1 Å². The summed E-state index contributed by atoms with van der Waals surface area (Å²) in [6, 6.07) is 3.32. The zero-order chi connectivity index (χ0) is 13.7. The number of unbranched alkanes of at least 4 members (excludes halogenated alkanes) is 1. The maximum Gasteiger partial charge on any atom is 0.222 e. The molecule has 0 bridgehead atoms. The predicted molar refractivity (Wildman–Crippen MR) is 74.7 cm³/mol. The average molecular weight is 259 g/mol. The molecule has 6 nitrogen and oxygen atoms in total. The van der Waals surface area contributed by atoms with Gasteiger partial charge in [-0.3, -0.25) is 4.98 Å². The van der Waals surface area contributed by atoms with Gasteiger partial charge in [0.05, 0.1) is 11.6 Å². The Hall–Kier alpha value is -2.24. The Balaban J connectivity index is 2.30. The number of carbonyl (C=O) groups excluding carboxylic acids is 1. The largest absolute Gasteiger partial charge is 0.368 e. The summed E-state index contributed by atoms with van der Waals surface area (Å²) in [6.07, 6.45) is 5.33. The summed E-state index contributed by atoms with van der Waals surface area (Å²) < 4.78 is 0. The molecule has 0 saturated carbocycles. The number of hydrogen-bond acceptors (Lipinski definition) is 6. The maximum atomic E-state index is 11.1. The molecular formula is C13H17N5O. The van der Waals surface area contributed by atoms with E-state index in [0.29, 0.717) is 16.9 Å². The number of rotatable bonds is 6. The summed E-state index contributed by atoms with van der Waals surface area (Å²) in [5.41, 5.74) is 6.95. The number of aromatic nitrogens is 3. The van der Waals surface area contributed by atoms with Crippen LogP contribution in [-0.2, 0) is 4.79 Å². The maximum absolute atomic E-state index is 11.1. The zero-order valence-corrected chi connectivity index (χ0v) is 10.8. The van der Waals surface area contributed by atoms with Gasteiger partial charge in [-0.25, -0.2) is 4.98 Å². The van der Waals surface area contributed by atoms with Crippen molar-refractivity contribution in [1.29, 1.82) is 0 Å². The molecule has 0 fully saturated rings. The lowest BCUT2D eigenvalue weighted by molar-refractivity contribution is -0.108. The number of nitrogens with zero attached hydrogens (tertiary/aromatic N) is 3.